The number of rotatable bonds is 3. The molecule has 0 aromatic rings. The van der Waals surface area contributed by atoms with Crippen LogP contribution in [0.5, 0.6) is 0 Å². The number of carbonyl (C=O) groups is 3. The summed E-state index contributed by atoms with van der Waals surface area (Å²) in [5.74, 6) is -2.64. The Hall–Kier alpha value is -1.15. The van der Waals surface area contributed by atoms with E-state index in [4.69, 9.17) is 23.1 Å². The summed E-state index contributed by atoms with van der Waals surface area (Å²) in [7, 11) is 0. The van der Waals surface area contributed by atoms with Crippen LogP contribution >= 0.6 is 15.9 Å². The minimum atomic E-state index is -1.19. The van der Waals surface area contributed by atoms with Crippen molar-refractivity contribution >= 4 is 33.8 Å². The highest BCUT2D eigenvalue weighted by molar-refractivity contribution is 9.09. The Labute approximate surface area is 122 Å². The van der Waals surface area contributed by atoms with Gasteiger partial charge in [0.1, 0.15) is 0 Å². The molecule has 0 aliphatic carbocycles. The van der Waals surface area contributed by atoms with E-state index in [1.54, 1.807) is 0 Å². The summed E-state index contributed by atoms with van der Waals surface area (Å²) in [4.78, 5) is 33.9. The summed E-state index contributed by atoms with van der Waals surface area (Å²) >= 11 is 3.10. The fourth-order valence-electron chi connectivity index (χ4n) is 1.57. The molecule has 1 fully saturated rings. The van der Waals surface area contributed by atoms with E-state index in [0.29, 0.717) is 0 Å². The van der Waals surface area contributed by atoms with Gasteiger partial charge in [0.2, 0.25) is 0 Å². The third kappa shape index (κ3) is 4.79. The topological polar surface area (TPSA) is 88.1 Å². The van der Waals surface area contributed by atoms with Crippen LogP contribution in [0.25, 0.3) is 0 Å². The van der Waals surface area contributed by atoms with Crippen LogP contribution in [0.4, 0.5) is 0 Å². The van der Waals surface area contributed by atoms with Gasteiger partial charge < -0.3 is 18.9 Å². The molecule has 19 heavy (non-hydrogen) atoms. The molecule has 4 atom stereocenters. The first-order valence-corrected chi connectivity index (χ1v) is 6.06. The minimum absolute atomic E-state index is 0.146. The summed E-state index contributed by atoms with van der Waals surface area (Å²) < 4.78 is 41.0. The second kappa shape index (κ2) is 6.85. The predicted molar refractivity (Wildman–Crippen MR) is 65.3 cm³/mol. The van der Waals surface area contributed by atoms with Crippen molar-refractivity contribution in [3.8, 4) is 0 Å². The maximum Gasteiger partial charge on any atom is 0.303 e. The SMILES string of the molecule is [2H]CC(=O)O[C@@H]1[C@H](OC(=O)C[2H])COC(Br)[C@@H]1OC(=O)C[2H]. The summed E-state index contributed by atoms with van der Waals surface area (Å²) in [6.07, 6.45) is -3.42. The fraction of sp³-hybridized carbons (Fsp3) is 0.727. The van der Waals surface area contributed by atoms with Gasteiger partial charge >= 0.3 is 17.9 Å². The van der Waals surface area contributed by atoms with Gasteiger partial charge in [0.15, 0.2) is 23.3 Å². The Morgan fingerprint density at radius 3 is 2.16 bits per heavy atom. The molecule has 8 heteroatoms. The maximum atomic E-state index is 11.4. The Morgan fingerprint density at radius 2 is 1.58 bits per heavy atom. The van der Waals surface area contributed by atoms with Crippen molar-refractivity contribution in [1.82, 2.24) is 0 Å². The van der Waals surface area contributed by atoms with E-state index >= 15 is 0 Å². The van der Waals surface area contributed by atoms with Crippen molar-refractivity contribution < 1.29 is 37.4 Å². The molecule has 108 valence electrons. The highest BCUT2D eigenvalue weighted by Gasteiger charge is 2.45. The lowest BCUT2D eigenvalue weighted by molar-refractivity contribution is -0.212. The molecule has 1 saturated heterocycles. The van der Waals surface area contributed by atoms with Crippen LogP contribution in [0.15, 0.2) is 0 Å². The average molecular weight is 342 g/mol. The Bertz CT molecular complexity index is 422. The summed E-state index contributed by atoms with van der Waals surface area (Å²) in [5.41, 5.74) is 0. The van der Waals surface area contributed by atoms with Crippen molar-refractivity contribution in [2.75, 3.05) is 6.61 Å². The van der Waals surface area contributed by atoms with Crippen molar-refractivity contribution in [2.24, 2.45) is 0 Å². The van der Waals surface area contributed by atoms with E-state index < -0.39 is 61.9 Å². The Kier molecular flexibility index (Phi) is 4.21. The first-order chi connectivity index (χ1) is 10.4. The largest absolute Gasteiger partial charge is 0.456 e. The number of alkyl halides is 1. The standard InChI is InChI=1S/C11H15BrO7/c1-5(13)17-8-4-16-11(12)10(19-7(3)15)9(8)18-6(2)14/h8-11H,4H2,1-3H3/t8-,9-,10-,11?/m1/s1/i1D,2D,3D. The van der Waals surface area contributed by atoms with E-state index in [1.807, 2.05) is 0 Å². The molecule has 0 spiro atoms. The van der Waals surface area contributed by atoms with Crippen LogP contribution in [0.1, 0.15) is 24.8 Å². The second-order valence-corrected chi connectivity index (χ2v) is 4.52. The van der Waals surface area contributed by atoms with E-state index in [9.17, 15) is 14.4 Å². The Morgan fingerprint density at radius 1 is 1.05 bits per heavy atom. The molecule has 0 saturated carbocycles. The van der Waals surface area contributed by atoms with Gasteiger partial charge in [0, 0.05) is 24.8 Å². The molecule has 1 heterocycles. The quantitative estimate of drug-likeness (QED) is 0.420. The zero-order chi connectivity index (χ0) is 16.7. The number of hydrogen-bond donors (Lipinski definition) is 0. The molecule has 0 aromatic heterocycles. The third-order valence-electron chi connectivity index (χ3n) is 2.19. The number of esters is 3. The van der Waals surface area contributed by atoms with E-state index in [0.717, 1.165) is 0 Å². The van der Waals surface area contributed by atoms with Crippen molar-refractivity contribution in [3.05, 3.63) is 0 Å². The molecular weight excluding hydrogens is 324 g/mol. The molecule has 0 N–H and O–H groups in total. The van der Waals surface area contributed by atoms with Gasteiger partial charge in [0.05, 0.1) is 6.61 Å². The molecule has 0 amide bonds. The average Bonchev–Trinajstić information content (AvgIpc) is 2.52. The lowest BCUT2D eigenvalue weighted by Crippen LogP contribution is -2.55. The van der Waals surface area contributed by atoms with E-state index in [1.165, 1.54) is 0 Å². The van der Waals surface area contributed by atoms with Crippen LogP contribution in [0.3, 0.4) is 0 Å². The van der Waals surface area contributed by atoms with Gasteiger partial charge in [-0.15, -0.1) is 0 Å². The van der Waals surface area contributed by atoms with Gasteiger partial charge in [-0.05, 0) is 0 Å². The smallest absolute Gasteiger partial charge is 0.303 e. The highest BCUT2D eigenvalue weighted by atomic mass is 79.9. The van der Waals surface area contributed by atoms with E-state index in [-0.39, 0.29) is 6.61 Å². The van der Waals surface area contributed by atoms with Crippen LogP contribution in [0, 0.1) is 0 Å². The van der Waals surface area contributed by atoms with Crippen LogP contribution < -0.4 is 0 Å². The predicted octanol–water partition coefficient (Wildman–Crippen LogP) is 0.533. The molecule has 1 aliphatic heterocycles. The summed E-state index contributed by atoms with van der Waals surface area (Å²) in [5, 5.41) is -0.836. The first-order valence-electron chi connectivity index (χ1n) is 7.26. The normalized spacial score (nSPS) is 32.4. The van der Waals surface area contributed by atoms with Gasteiger partial charge in [-0.3, -0.25) is 14.4 Å². The van der Waals surface area contributed by atoms with Crippen LogP contribution in [0.2, 0.25) is 0 Å². The molecule has 0 radical (unpaired) electrons. The van der Waals surface area contributed by atoms with Crippen LogP contribution in [-0.4, -0.2) is 47.8 Å². The summed E-state index contributed by atoms with van der Waals surface area (Å²) in [6.45, 7) is -2.09. The molecule has 1 aliphatic rings. The van der Waals surface area contributed by atoms with Gasteiger partial charge in [-0.2, -0.15) is 0 Å². The van der Waals surface area contributed by atoms with Gasteiger partial charge in [0.25, 0.3) is 0 Å². The number of halogens is 1. The summed E-state index contributed by atoms with van der Waals surface area (Å²) in [6, 6.07) is 0. The molecular formula is C11H15BrO7. The van der Waals surface area contributed by atoms with Crippen molar-refractivity contribution in [3.63, 3.8) is 0 Å². The molecule has 0 bridgehead atoms. The molecule has 7 nitrogen and oxygen atoms in total. The maximum absolute atomic E-state index is 11.4. The molecule has 0 aromatic carbocycles. The second-order valence-electron chi connectivity index (χ2n) is 3.62. The number of hydrogen-bond acceptors (Lipinski definition) is 7. The van der Waals surface area contributed by atoms with Crippen LogP contribution in [-0.2, 0) is 33.3 Å². The zero-order valence-corrected chi connectivity index (χ0v) is 11.5. The van der Waals surface area contributed by atoms with Crippen molar-refractivity contribution in [2.45, 2.75) is 44.0 Å². The molecule has 1 rings (SSSR count). The van der Waals surface area contributed by atoms with Gasteiger partial charge in [-0.1, -0.05) is 15.9 Å². The highest BCUT2D eigenvalue weighted by Crippen LogP contribution is 2.27. The number of ether oxygens (including phenoxy) is 4. The lowest BCUT2D eigenvalue weighted by Gasteiger charge is -2.38. The molecule has 1 unspecified atom stereocenters. The minimum Gasteiger partial charge on any atom is -0.456 e. The monoisotopic (exact) mass is 341 g/mol. The third-order valence-corrected chi connectivity index (χ3v) is 2.97. The Balaban J connectivity index is 2.92. The first kappa shape index (κ1) is 11.7. The lowest BCUT2D eigenvalue weighted by atomic mass is 10.1. The fourth-order valence-corrected chi connectivity index (χ4v) is 2.14. The van der Waals surface area contributed by atoms with E-state index in [2.05, 4.69) is 15.9 Å². The van der Waals surface area contributed by atoms with Crippen molar-refractivity contribution in [1.29, 1.82) is 0 Å². The number of carbonyl (C=O) groups excluding carboxylic acids is 3. The van der Waals surface area contributed by atoms with Gasteiger partial charge in [-0.25, -0.2) is 0 Å². The zero-order valence-electron chi connectivity index (χ0n) is 12.9.